The molecule has 1 N–H and O–H groups in total. The molecule has 1 aromatic carbocycles. The molecule has 0 unspecified atom stereocenters. The van der Waals surface area contributed by atoms with Crippen LogP contribution in [0.1, 0.15) is 12.3 Å². The van der Waals surface area contributed by atoms with Crippen LogP contribution in [-0.2, 0) is 11.2 Å². The first kappa shape index (κ1) is 17.2. The number of fused-ring (bicyclic) bond motifs is 1. The Morgan fingerprint density at radius 3 is 2.74 bits per heavy atom. The van der Waals surface area contributed by atoms with Crippen molar-refractivity contribution in [3.63, 3.8) is 0 Å². The topological polar surface area (TPSA) is 93.8 Å². The lowest BCUT2D eigenvalue weighted by Crippen LogP contribution is -2.12. The third-order valence-electron chi connectivity index (χ3n) is 3.65. The van der Waals surface area contributed by atoms with Gasteiger partial charge >= 0.3 is 0 Å². The van der Waals surface area contributed by atoms with Gasteiger partial charge in [-0.05, 0) is 18.2 Å². The molecule has 0 radical (unpaired) electrons. The average Bonchev–Trinajstić information content (AvgIpc) is 3.28. The fraction of sp³-hybridized carbons (Fsp3) is 0.118. The summed E-state index contributed by atoms with van der Waals surface area (Å²) >= 11 is 1.06. The lowest BCUT2D eigenvalue weighted by atomic mass is 10.2. The number of nitrogens with zero attached hydrogens (tertiary/aromatic N) is 4. The number of aryl methyl sites for hydroxylation is 1. The molecule has 0 aliphatic rings. The molecule has 0 atom stereocenters. The molecule has 10 heteroatoms. The molecule has 1 amide bonds. The minimum atomic E-state index is -0.980. The van der Waals surface area contributed by atoms with Crippen molar-refractivity contribution in [2.75, 3.05) is 5.32 Å². The fourth-order valence-corrected chi connectivity index (χ4v) is 3.24. The minimum Gasteiger partial charge on any atom is -0.339 e. The Hall–Kier alpha value is -3.27. The molecule has 0 saturated carbocycles. The van der Waals surface area contributed by atoms with Crippen LogP contribution in [0.4, 0.5) is 13.9 Å². The summed E-state index contributed by atoms with van der Waals surface area (Å²) < 4.78 is 32.1. The van der Waals surface area contributed by atoms with Crippen molar-refractivity contribution >= 4 is 32.6 Å². The van der Waals surface area contributed by atoms with E-state index >= 15 is 0 Å². The van der Waals surface area contributed by atoms with Gasteiger partial charge in [0.1, 0.15) is 0 Å². The van der Waals surface area contributed by atoms with Gasteiger partial charge in [-0.1, -0.05) is 16.5 Å². The number of amides is 1. The number of carbonyl (C=O) groups is 1. The maximum Gasteiger partial charge on any atom is 0.227 e. The Kier molecular flexibility index (Phi) is 4.55. The van der Waals surface area contributed by atoms with Crippen LogP contribution in [0.3, 0.4) is 0 Å². The first-order valence-corrected chi connectivity index (χ1v) is 8.68. The number of carbonyl (C=O) groups excluding carboxylic acids is 1. The van der Waals surface area contributed by atoms with Crippen molar-refractivity contribution in [1.82, 2.24) is 20.1 Å². The molecule has 27 heavy (non-hydrogen) atoms. The van der Waals surface area contributed by atoms with E-state index in [9.17, 15) is 13.6 Å². The molecule has 0 aliphatic carbocycles. The third-order valence-corrected chi connectivity index (χ3v) is 4.58. The fourth-order valence-electron chi connectivity index (χ4n) is 2.35. The highest BCUT2D eigenvalue weighted by Gasteiger charge is 2.13. The predicted octanol–water partition coefficient (Wildman–Crippen LogP) is 3.59. The van der Waals surface area contributed by atoms with E-state index in [1.807, 2.05) is 0 Å². The Morgan fingerprint density at radius 2 is 1.93 bits per heavy atom. The van der Waals surface area contributed by atoms with Gasteiger partial charge in [0, 0.05) is 36.9 Å². The summed E-state index contributed by atoms with van der Waals surface area (Å²) in [5.74, 6) is -1.51. The number of halogens is 2. The van der Waals surface area contributed by atoms with Crippen LogP contribution in [0.25, 0.3) is 21.6 Å². The number of hydrogen-bond acceptors (Lipinski definition) is 7. The molecule has 4 rings (SSSR count). The van der Waals surface area contributed by atoms with E-state index in [1.54, 1.807) is 24.5 Å². The largest absolute Gasteiger partial charge is 0.339 e. The summed E-state index contributed by atoms with van der Waals surface area (Å²) in [6.45, 7) is 0. The number of thiazole rings is 1. The monoisotopic (exact) mass is 387 g/mol. The van der Waals surface area contributed by atoms with E-state index < -0.39 is 11.6 Å². The average molecular weight is 387 g/mol. The van der Waals surface area contributed by atoms with E-state index in [4.69, 9.17) is 4.52 Å². The number of hydrogen-bond donors (Lipinski definition) is 1. The van der Waals surface area contributed by atoms with E-state index in [2.05, 4.69) is 25.4 Å². The van der Waals surface area contributed by atoms with Gasteiger partial charge in [-0.3, -0.25) is 9.78 Å². The third kappa shape index (κ3) is 3.80. The molecule has 136 valence electrons. The maximum absolute atomic E-state index is 13.2. The second-order valence-corrected chi connectivity index (χ2v) is 6.58. The normalized spacial score (nSPS) is 11.0. The van der Waals surface area contributed by atoms with Gasteiger partial charge < -0.3 is 9.84 Å². The van der Waals surface area contributed by atoms with Crippen LogP contribution in [0.2, 0.25) is 0 Å². The van der Waals surface area contributed by atoms with Crippen LogP contribution in [0.15, 0.2) is 41.2 Å². The number of pyridine rings is 1. The number of anilines is 1. The molecular formula is C17H11F2N5O2S. The first-order valence-electron chi connectivity index (χ1n) is 7.87. The van der Waals surface area contributed by atoms with E-state index in [1.165, 1.54) is 0 Å². The predicted molar refractivity (Wildman–Crippen MR) is 94.0 cm³/mol. The highest BCUT2D eigenvalue weighted by Crippen LogP contribution is 2.28. The summed E-state index contributed by atoms with van der Waals surface area (Å²) in [4.78, 5) is 24.3. The molecule has 0 fully saturated rings. The smallest absolute Gasteiger partial charge is 0.227 e. The van der Waals surface area contributed by atoms with Crippen molar-refractivity contribution in [1.29, 1.82) is 0 Å². The highest BCUT2D eigenvalue weighted by atomic mass is 32.1. The quantitative estimate of drug-likeness (QED) is 0.562. The first-order chi connectivity index (χ1) is 13.1. The Balaban J connectivity index is 1.38. The molecule has 0 aliphatic heterocycles. The molecule has 0 spiro atoms. The van der Waals surface area contributed by atoms with Crippen LogP contribution in [0, 0.1) is 11.6 Å². The van der Waals surface area contributed by atoms with Gasteiger partial charge in [-0.2, -0.15) is 4.98 Å². The van der Waals surface area contributed by atoms with Crippen molar-refractivity contribution in [3.05, 3.63) is 54.2 Å². The lowest BCUT2D eigenvalue weighted by Gasteiger charge is -1.98. The standard InChI is InChI=1S/C17H11F2N5O2S/c18-10-7-12-13(8-11(10)19)27-17(21-12)22-14(25)1-2-15-23-16(24-26-15)9-3-5-20-6-4-9/h3-8H,1-2H2,(H,21,22,25). The number of benzene rings is 1. The Labute approximate surface area is 155 Å². The minimum absolute atomic E-state index is 0.0939. The van der Waals surface area contributed by atoms with Crippen molar-refractivity contribution < 1.29 is 18.1 Å². The summed E-state index contributed by atoms with van der Waals surface area (Å²) in [5, 5.41) is 6.74. The summed E-state index contributed by atoms with van der Waals surface area (Å²) in [7, 11) is 0. The number of rotatable bonds is 5. The zero-order valence-corrected chi connectivity index (χ0v) is 14.5. The zero-order chi connectivity index (χ0) is 18.8. The van der Waals surface area contributed by atoms with Gasteiger partial charge in [0.25, 0.3) is 0 Å². The SMILES string of the molecule is O=C(CCc1nc(-c2ccncc2)no1)Nc1nc2cc(F)c(F)cc2s1. The summed E-state index contributed by atoms with van der Waals surface area (Å²) in [6, 6.07) is 5.55. The van der Waals surface area contributed by atoms with E-state index in [-0.39, 0.29) is 29.4 Å². The van der Waals surface area contributed by atoms with Crippen molar-refractivity contribution in [3.8, 4) is 11.4 Å². The maximum atomic E-state index is 13.2. The second kappa shape index (κ2) is 7.16. The molecule has 3 heterocycles. The second-order valence-electron chi connectivity index (χ2n) is 5.55. The van der Waals surface area contributed by atoms with Gasteiger partial charge in [-0.25, -0.2) is 13.8 Å². The van der Waals surface area contributed by atoms with Crippen LogP contribution >= 0.6 is 11.3 Å². The summed E-state index contributed by atoms with van der Waals surface area (Å²) in [5.41, 5.74) is 1.05. The van der Waals surface area contributed by atoms with E-state index in [0.29, 0.717) is 16.4 Å². The van der Waals surface area contributed by atoms with Gasteiger partial charge in [0.05, 0.1) is 10.2 Å². The Morgan fingerprint density at radius 1 is 1.15 bits per heavy atom. The molecule has 0 bridgehead atoms. The van der Waals surface area contributed by atoms with Crippen LogP contribution in [0.5, 0.6) is 0 Å². The molecule has 0 saturated heterocycles. The molecular weight excluding hydrogens is 376 g/mol. The van der Waals surface area contributed by atoms with Gasteiger partial charge in [0.15, 0.2) is 16.8 Å². The molecule has 3 aromatic heterocycles. The zero-order valence-electron chi connectivity index (χ0n) is 13.6. The van der Waals surface area contributed by atoms with Crippen molar-refractivity contribution in [2.45, 2.75) is 12.8 Å². The van der Waals surface area contributed by atoms with Gasteiger partial charge in [0.2, 0.25) is 17.6 Å². The van der Waals surface area contributed by atoms with Crippen molar-refractivity contribution in [2.24, 2.45) is 0 Å². The summed E-state index contributed by atoms with van der Waals surface area (Å²) in [6.07, 6.45) is 3.58. The van der Waals surface area contributed by atoms with E-state index in [0.717, 1.165) is 29.0 Å². The highest BCUT2D eigenvalue weighted by molar-refractivity contribution is 7.22. The van der Waals surface area contributed by atoms with Gasteiger partial charge in [-0.15, -0.1) is 0 Å². The van der Waals surface area contributed by atoms with Crippen LogP contribution < -0.4 is 5.32 Å². The Bertz CT molecular complexity index is 1070. The van der Waals surface area contributed by atoms with Crippen LogP contribution in [-0.4, -0.2) is 26.0 Å². The molecule has 4 aromatic rings. The molecule has 7 nitrogen and oxygen atoms in total. The lowest BCUT2D eigenvalue weighted by molar-refractivity contribution is -0.116. The number of nitrogens with one attached hydrogen (secondary N) is 1. The number of aromatic nitrogens is 4.